The Bertz CT molecular complexity index is 677. The van der Waals surface area contributed by atoms with Crippen molar-refractivity contribution in [3.05, 3.63) is 71.8 Å². The van der Waals surface area contributed by atoms with Crippen molar-refractivity contribution in [1.82, 2.24) is 14.5 Å². The topological polar surface area (TPSA) is 30.7 Å². The van der Waals surface area contributed by atoms with E-state index in [1.807, 2.05) is 48.7 Å². The van der Waals surface area contributed by atoms with Gasteiger partial charge in [0.05, 0.1) is 12.2 Å². The van der Waals surface area contributed by atoms with E-state index in [0.29, 0.717) is 11.7 Å². The first-order valence-electron chi connectivity index (χ1n) is 6.01. The SMILES string of the molecule is Clc1cccc(Cn2ccnc2-c2ccccc2)n1. The molecule has 0 unspecified atom stereocenters. The van der Waals surface area contributed by atoms with E-state index in [0.717, 1.165) is 17.1 Å². The Kier molecular flexibility index (Phi) is 3.29. The summed E-state index contributed by atoms with van der Waals surface area (Å²) in [7, 11) is 0. The molecule has 0 atom stereocenters. The van der Waals surface area contributed by atoms with Crippen LogP contribution in [-0.2, 0) is 6.54 Å². The molecule has 19 heavy (non-hydrogen) atoms. The summed E-state index contributed by atoms with van der Waals surface area (Å²) in [6, 6.07) is 15.7. The molecule has 4 heteroatoms. The maximum Gasteiger partial charge on any atom is 0.140 e. The Hall–Kier alpha value is -2.13. The normalized spacial score (nSPS) is 10.6. The summed E-state index contributed by atoms with van der Waals surface area (Å²) in [4.78, 5) is 8.71. The van der Waals surface area contributed by atoms with E-state index >= 15 is 0 Å². The first kappa shape index (κ1) is 11.9. The van der Waals surface area contributed by atoms with Gasteiger partial charge in [0.25, 0.3) is 0 Å². The lowest BCUT2D eigenvalue weighted by Crippen LogP contribution is -2.02. The van der Waals surface area contributed by atoms with Crippen LogP contribution in [0.15, 0.2) is 60.9 Å². The van der Waals surface area contributed by atoms with Gasteiger partial charge in [-0.05, 0) is 12.1 Å². The molecule has 1 aromatic carbocycles. The number of aromatic nitrogens is 3. The molecule has 0 amide bonds. The Labute approximate surface area is 116 Å². The van der Waals surface area contributed by atoms with Gasteiger partial charge < -0.3 is 4.57 Å². The van der Waals surface area contributed by atoms with Gasteiger partial charge in [0, 0.05) is 18.0 Å². The van der Waals surface area contributed by atoms with Crippen molar-refractivity contribution in [2.75, 3.05) is 0 Å². The molecule has 3 nitrogen and oxygen atoms in total. The van der Waals surface area contributed by atoms with Crippen LogP contribution in [0.5, 0.6) is 0 Å². The zero-order valence-electron chi connectivity index (χ0n) is 10.2. The first-order valence-corrected chi connectivity index (χ1v) is 6.39. The molecule has 0 aliphatic carbocycles. The first-order chi connectivity index (χ1) is 9.33. The number of rotatable bonds is 3. The summed E-state index contributed by atoms with van der Waals surface area (Å²) in [5.41, 5.74) is 2.01. The molecule has 2 heterocycles. The Morgan fingerprint density at radius 2 is 1.84 bits per heavy atom. The van der Waals surface area contributed by atoms with Crippen molar-refractivity contribution < 1.29 is 0 Å². The van der Waals surface area contributed by atoms with Crippen molar-refractivity contribution in [3.8, 4) is 11.4 Å². The third kappa shape index (κ3) is 2.66. The highest BCUT2D eigenvalue weighted by Gasteiger charge is 2.06. The molecule has 0 N–H and O–H groups in total. The van der Waals surface area contributed by atoms with Crippen LogP contribution < -0.4 is 0 Å². The summed E-state index contributed by atoms with van der Waals surface area (Å²) in [6.45, 7) is 0.658. The van der Waals surface area contributed by atoms with Crippen LogP contribution in [0.3, 0.4) is 0 Å². The molecule has 94 valence electrons. The predicted molar refractivity (Wildman–Crippen MR) is 76.0 cm³/mol. The van der Waals surface area contributed by atoms with E-state index in [4.69, 9.17) is 11.6 Å². The van der Waals surface area contributed by atoms with E-state index < -0.39 is 0 Å². The van der Waals surface area contributed by atoms with Crippen LogP contribution in [0.4, 0.5) is 0 Å². The number of halogens is 1. The van der Waals surface area contributed by atoms with Gasteiger partial charge in [-0.2, -0.15) is 0 Å². The van der Waals surface area contributed by atoms with E-state index in [2.05, 4.69) is 14.5 Å². The highest BCUT2D eigenvalue weighted by atomic mass is 35.5. The molecule has 0 fully saturated rings. The smallest absolute Gasteiger partial charge is 0.140 e. The van der Waals surface area contributed by atoms with Crippen molar-refractivity contribution in [1.29, 1.82) is 0 Å². The number of benzene rings is 1. The van der Waals surface area contributed by atoms with E-state index in [1.54, 1.807) is 12.3 Å². The molecule has 0 radical (unpaired) electrons. The fourth-order valence-electron chi connectivity index (χ4n) is 2.00. The summed E-state index contributed by atoms with van der Waals surface area (Å²) in [5.74, 6) is 0.933. The van der Waals surface area contributed by atoms with Crippen LogP contribution in [0.25, 0.3) is 11.4 Å². The Balaban J connectivity index is 1.93. The minimum Gasteiger partial charge on any atom is -0.325 e. The molecular formula is C15H12ClN3. The van der Waals surface area contributed by atoms with Gasteiger partial charge in [-0.1, -0.05) is 48.0 Å². The van der Waals surface area contributed by atoms with Crippen LogP contribution in [-0.4, -0.2) is 14.5 Å². The summed E-state index contributed by atoms with van der Waals surface area (Å²) < 4.78 is 2.06. The second-order valence-electron chi connectivity index (χ2n) is 4.20. The minimum absolute atomic E-state index is 0.513. The van der Waals surface area contributed by atoms with Gasteiger partial charge in [-0.25, -0.2) is 9.97 Å². The van der Waals surface area contributed by atoms with Gasteiger partial charge >= 0.3 is 0 Å². The van der Waals surface area contributed by atoms with E-state index in [1.165, 1.54) is 0 Å². The van der Waals surface area contributed by atoms with Crippen molar-refractivity contribution in [2.45, 2.75) is 6.54 Å². The van der Waals surface area contributed by atoms with Crippen molar-refractivity contribution in [3.63, 3.8) is 0 Å². The van der Waals surface area contributed by atoms with Gasteiger partial charge in [0.1, 0.15) is 11.0 Å². The second kappa shape index (κ2) is 5.24. The lowest BCUT2D eigenvalue weighted by molar-refractivity contribution is 0.782. The van der Waals surface area contributed by atoms with Crippen molar-refractivity contribution in [2.24, 2.45) is 0 Å². The lowest BCUT2D eigenvalue weighted by Gasteiger charge is -2.07. The van der Waals surface area contributed by atoms with Crippen LogP contribution >= 0.6 is 11.6 Å². The number of pyridine rings is 1. The quantitative estimate of drug-likeness (QED) is 0.680. The molecule has 0 saturated heterocycles. The zero-order chi connectivity index (χ0) is 13.1. The molecule has 0 saturated carbocycles. The zero-order valence-corrected chi connectivity index (χ0v) is 11.0. The molecule has 0 spiro atoms. The van der Waals surface area contributed by atoms with Crippen LogP contribution in [0.2, 0.25) is 5.15 Å². The number of hydrogen-bond donors (Lipinski definition) is 0. The average molecular weight is 270 g/mol. The molecular weight excluding hydrogens is 258 g/mol. The van der Waals surface area contributed by atoms with Crippen molar-refractivity contribution >= 4 is 11.6 Å². The second-order valence-corrected chi connectivity index (χ2v) is 4.58. The summed E-state index contributed by atoms with van der Waals surface area (Å²) in [5, 5.41) is 0.513. The number of imidazole rings is 1. The van der Waals surface area contributed by atoms with Crippen LogP contribution in [0.1, 0.15) is 5.69 Å². The van der Waals surface area contributed by atoms with E-state index in [9.17, 15) is 0 Å². The number of hydrogen-bond acceptors (Lipinski definition) is 2. The number of nitrogens with zero attached hydrogens (tertiary/aromatic N) is 3. The van der Waals surface area contributed by atoms with Gasteiger partial charge in [-0.15, -0.1) is 0 Å². The molecule has 3 aromatic rings. The third-order valence-corrected chi connectivity index (χ3v) is 3.06. The maximum atomic E-state index is 5.91. The Morgan fingerprint density at radius 1 is 1.00 bits per heavy atom. The Morgan fingerprint density at radius 3 is 2.63 bits per heavy atom. The highest BCUT2D eigenvalue weighted by Crippen LogP contribution is 2.18. The van der Waals surface area contributed by atoms with Gasteiger partial charge in [0.2, 0.25) is 0 Å². The molecule has 0 bridgehead atoms. The lowest BCUT2D eigenvalue weighted by atomic mass is 10.2. The monoisotopic (exact) mass is 269 g/mol. The average Bonchev–Trinajstić information content (AvgIpc) is 2.88. The largest absolute Gasteiger partial charge is 0.325 e. The molecule has 3 rings (SSSR count). The minimum atomic E-state index is 0.513. The fraction of sp³-hybridized carbons (Fsp3) is 0.0667. The standard InChI is InChI=1S/C15H12ClN3/c16-14-8-4-7-13(18-14)11-19-10-9-17-15(19)12-5-2-1-3-6-12/h1-10H,11H2. The van der Waals surface area contributed by atoms with E-state index in [-0.39, 0.29) is 0 Å². The maximum absolute atomic E-state index is 5.91. The third-order valence-electron chi connectivity index (χ3n) is 2.85. The van der Waals surface area contributed by atoms with Crippen LogP contribution in [0, 0.1) is 0 Å². The fourth-order valence-corrected chi connectivity index (χ4v) is 2.18. The molecule has 0 aliphatic heterocycles. The van der Waals surface area contributed by atoms with Gasteiger partial charge in [0.15, 0.2) is 0 Å². The summed E-state index contributed by atoms with van der Waals surface area (Å²) >= 11 is 5.91. The van der Waals surface area contributed by atoms with Gasteiger partial charge in [-0.3, -0.25) is 0 Å². The molecule has 0 aliphatic rings. The summed E-state index contributed by atoms with van der Waals surface area (Å²) in [6.07, 6.45) is 3.75. The molecule has 2 aromatic heterocycles. The highest BCUT2D eigenvalue weighted by molar-refractivity contribution is 6.29. The predicted octanol–water partition coefficient (Wildman–Crippen LogP) is 3.65.